The fourth-order valence-corrected chi connectivity index (χ4v) is 2.67. The number of halogens is 3. The second kappa shape index (κ2) is 8.75. The fourth-order valence-electron chi connectivity index (χ4n) is 1.92. The number of anilines is 1. The molecule has 0 aliphatic rings. The molecule has 0 heterocycles. The lowest BCUT2D eigenvalue weighted by molar-refractivity contribution is -0.150. The SMILES string of the molecule is Cc1ccc(NC(=O)[C@H](C)OC(=O)CSc2cc(F)ccc2F)cc1F. The van der Waals surface area contributed by atoms with Gasteiger partial charge in [0.25, 0.3) is 5.91 Å². The van der Waals surface area contributed by atoms with Crippen LogP contribution in [0.1, 0.15) is 12.5 Å². The van der Waals surface area contributed by atoms with Crippen LogP contribution in [0.4, 0.5) is 18.9 Å². The van der Waals surface area contributed by atoms with Crippen LogP contribution in [0.25, 0.3) is 0 Å². The molecule has 0 spiro atoms. The molecule has 0 aromatic heterocycles. The van der Waals surface area contributed by atoms with Crippen LogP contribution >= 0.6 is 11.8 Å². The van der Waals surface area contributed by atoms with Crippen LogP contribution in [0.3, 0.4) is 0 Å². The van der Waals surface area contributed by atoms with Gasteiger partial charge in [-0.15, -0.1) is 11.8 Å². The number of ether oxygens (including phenoxy) is 1. The Morgan fingerprint density at radius 1 is 1.12 bits per heavy atom. The summed E-state index contributed by atoms with van der Waals surface area (Å²) in [5.74, 6) is -3.45. The highest BCUT2D eigenvalue weighted by Gasteiger charge is 2.19. The third-order valence-corrected chi connectivity index (χ3v) is 4.36. The lowest BCUT2D eigenvalue weighted by atomic mass is 10.2. The number of hydrogen-bond donors (Lipinski definition) is 1. The standard InChI is InChI=1S/C18H16F3NO3S/c1-10-3-5-13(8-15(10)21)22-18(24)11(2)25-17(23)9-26-16-7-12(19)4-6-14(16)20/h3-8,11H,9H2,1-2H3,(H,22,24)/t11-/m0/s1. The second-order valence-corrected chi connectivity index (χ2v) is 6.47. The smallest absolute Gasteiger partial charge is 0.317 e. The summed E-state index contributed by atoms with van der Waals surface area (Å²) >= 11 is 0.760. The number of carbonyl (C=O) groups is 2. The van der Waals surface area contributed by atoms with E-state index in [4.69, 9.17) is 4.74 Å². The maximum absolute atomic E-state index is 13.5. The van der Waals surface area contributed by atoms with E-state index in [0.717, 1.165) is 36.0 Å². The van der Waals surface area contributed by atoms with Gasteiger partial charge in [0.1, 0.15) is 17.5 Å². The normalized spacial score (nSPS) is 11.7. The number of nitrogens with one attached hydrogen (secondary N) is 1. The molecule has 0 radical (unpaired) electrons. The maximum Gasteiger partial charge on any atom is 0.317 e. The van der Waals surface area contributed by atoms with Crippen molar-refractivity contribution in [1.82, 2.24) is 0 Å². The van der Waals surface area contributed by atoms with Gasteiger partial charge in [0.2, 0.25) is 0 Å². The van der Waals surface area contributed by atoms with E-state index in [1.54, 1.807) is 6.92 Å². The van der Waals surface area contributed by atoms with Gasteiger partial charge in [0.05, 0.1) is 5.75 Å². The summed E-state index contributed by atoms with van der Waals surface area (Å²) in [5.41, 5.74) is 0.668. The zero-order valence-electron chi connectivity index (χ0n) is 14.0. The molecule has 2 aromatic rings. The van der Waals surface area contributed by atoms with Crippen LogP contribution in [-0.4, -0.2) is 23.7 Å². The Hall–Kier alpha value is -2.48. The molecule has 1 N–H and O–H groups in total. The minimum absolute atomic E-state index is 0.0332. The Balaban J connectivity index is 1.86. The number of esters is 1. The first kappa shape index (κ1) is 19.8. The van der Waals surface area contributed by atoms with Crippen LogP contribution in [0.2, 0.25) is 0 Å². The minimum Gasteiger partial charge on any atom is -0.452 e. The van der Waals surface area contributed by atoms with Crippen LogP contribution < -0.4 is 5.32 Å². The van der Waals surface area contributed by atoms with Crippen molar-refractivity contribution in [2.45, 2.75) is 24.8 Å². The zero-order valence-corrected chi connectivity index (χ0v) is 14.8. The number of carbonyl (C=O) groups excluding carboxylic acids is 2. The molecular weight excluding hydrogens is 367 g/mol. The van der Waals surface area contributed by atoms with Crippen molar-refractivity contribution in [1.29, 1.82) is 0 Å². The number of hydrogen-bond acceptors (Lipinski definition) is 4. The molecular formula is C18H16F3NO3S. The summed E-state index contributed by atoms with van der Waals surface area (Å²) in [5, 5.41) is 2.43. The Morgan fingerprint density at radius 3 is 2.54 bits per heavy atom. The van der Waals surface area contributed by atoms with E-state index in [9.17, 15) is 22.8 Å². The summed E-state index contributed by atoms with van der Waals surface area (Å²) in [7, 11) is 0. The van der Waals surface area contributed by atoms with Crippen LogP contribution in [0, 0.1) is 24.4 Å². The van der Waals surface area contributed by atoms with Crippen molar-refractivity contribution >= 4 is 29.3 Å². The molecule has 138 valence electrons. The molecule has 0 aliphatic heterocycles. The number of rotatable bonds is 6. The van der Waals surface area contributed by atoms with E-state index < -0.39 is 35.4 Å². The average Bonchev–Trinajstić information content (AvgIpc) is 2.59. The minimum atomic E-state index is -1.13. The quantitative estimate of drug-likeness (QED) is 0.603. The molecule has 0 unspecified atom stereocenters. The monoisotopic (exact) mass is 383 g/mol. The van der Waals surface area contributed by atoms with Crippen molar-refractivity contribution in [3.8, 4) is 0 Å². The number of aryl methyl sites for hydroxylation is 1. The molecule has 0 saturated carbocycles. The third-order valence-electron chi connectivity index (χ3n) is 3.36. The van der Waals surface area contributed by atoms with Crippen molar-refractivity contribution in [2.24, 2.45) is 0 Å². The van der Waals surface area contributed by atoms with Gasteiger partial charge < -0.3 is 10.1 Å². The average molecular weight is 383 g/mol. The highest BCUT2D eigenvalue weighted by molar-refractivity contribution is 8.00. The van der Waals surface area contributed by atoms with E-state index >= 15 is 0 Å². The third kappa shape index (κ3) is 5.52. The van der Waals surface area contributed by atoms with Gasteiger partial charge in [0, 0.05) is 10.6 Å². The Kier molecular flexibility index (Phi) is 6.68. The van der Waals surface area contributed by atoms with Gasteiger partial charge >= 0.3 is 5.97 Å². The van der Waals surface area contributed by atoms with E-state index in [1.165, 1.54) is 19.1 Å². The lowest BCUT2D eigenvalue weighted by Gasteiger charge is -2.14. The predicted octanol–water partition coefficient (Wildman–Crippen LogP) is 4.07. The van der Waals surface area contributed by atoms with E-state index in [2.05, 4.69) is 5.32 Å². The molecule has 26 heavy (non-hydrogen) atoms. The first-order chi connectivity index (χ1) is 12.3. The maximum atomic E-state index is 13.5. The molecule has 2 rings (SSSR count). The molecule has 1 amide bonds. The van der Waals surface area contributed by atoms with Gasteiger partial charge in [-0.05, 0) is 49.7 Å². The largest absolute Gasteiger partial charge is 0.452 e. The van der Waals surface area contributed by atoms with Crippen molar-refractivity contribution in [3.05, 3.63) is 59.4 Å². The molecule has 0 saturated heterocycles. The Bertz CT molecular complexity index is 829. The zero-order chi connectivity index (χ0) is 19.3. The number of amides is 1. The van der Waals surface area contributed by atoms with Gasteiger partial charge in [0.15, 0.2) is 6.10 Å². The highest BCUT2D eigenvalue weighted by Crippen LogP contribution is 2.23. The first-order valence-electron chi connectivity index (χ1n) is 7.60. The summed E-state index contributed by atoms with van der Waals surface area (Å²) in [6.45, 7) is 2.94. The summed E-state index contributed by atoms with van der Waals surface area (Å²) in [6.07, 6.45) is -1.13. The van der Waals surface area contributed by atoms with Crippen LogP contribution in [-0.2, 0) is 14.3 Å². The van der Waals surface area contributed by atoms with E-state index in [0.29, 0.717) is 5.56 Å². The summed E-state index contributed by atoms with van der Waals surface area (Å²) in [6, 6.07) is 7.08. The molecule has 0 bridgehead atoms. The molecule has 1 atom stereocenters. The summed E-state index contributed by atoms with van der Waals surface area (Å²) < 4.78 is 45.0. The molecule has 8 heteroatoms. The number of benzene rings is 2. The van der Waals surface area contributed by atoms with Crippen molar-refractivity contribution in [2.75, 3.05) is 11.1 Å². The van der Waals surface area contributed by atoms with E-state index in [-0.39, 0.29) is 16.3 Å². The molecule has 4 nitrogen and oxygen atoms in total. The highest BCUT2D eigenvalue weighted by atomic mass is 32.2. The van der Waals surface area contributed by atoms with Crippen molar-refractivity contribution < 1.29 is 27.5 Å². The second-order valence-electron chi connectivity index (χ2n) is 5.45. The van der Waals surface area contributed by atoms with Gasteiger partial charge in [-0.2, -0.15) is 0 Å². The summed E-state index contributed by atoms with van der Waals surface area (Å²) in [4.78, 5) is 23.7. The fraction of sp³-hybridized carbons (Fsp3) is 0.222. The topological polar surface area (TPSA) is 55.4 Å². The molecule has 2 aromatic carbocycles. The molecule has 0 aliphatic carbocycles. The number of thioether (sulfide) groups is 1. The van der Waals surface area contributed by atoms with Gasteiger partial charge in [-0.3, -0.25) is 9.59 Å². The Labute approximate surface area is 152 Å². The predicted molar refractivity (Wildman–Crippen MR) is 92.4 cm³/mol. The van der Waals surface area contributed by atoms with Crippen LogP contribution in [0.15, 0.2) is 41.3 Å². The van der Waals surface area contributed by atoms with Crippen LogP contribution in [0.5, 0.6) is 0 Å². The first-order valence-corrected chi connectivity index (χ1v) is 8.59. The molecule has 0 fully saturated rings. The van der Waals surface area contributed by atoms with Gasteiger partial charge in [-0.25, -0.2) is 13.2 Å². The Morgan fingerprint density at radius 2 is 1.85 bits per heavy atom. The lowest BCUT2D eigenvalue weighted by Crippen LogP contribution is -2.30. The van der Waals surface area contributed by atoms with Gasteiger partial charge in [-0.1, -0.05) is 6.07 Å². The van der Waals surface area contributed by atoms with Crippen molar-refractivity contribution in [3.63, 3.8) is 0 Å². The van der Waals surface area contributed by atoms with E-state index in [1.807, 2.05) is 0 Å².